The van der Waals surface area contributed by atoms with E-state index in [9.17, 15) is 38.7 Å². The second-order valence-electron chi connectivity index (χ2n) is 9.46. The van der Waals surface area contributed by atoms with Crippen LogP contribution in [0.5, 0.6) is 0 Å². The van der Waals surface area contributed by atoms with Crippen LogP contribution in [0, 0.1) is 0 Å². The summed E-state index contributed by atoms with van der Waals surface area (Å²) in [4.78, 5) is 83.1. The van der Waals surface area contributed by atoms with Crippen molar-refractivity contribution in [2.45, 2.75) is 57.2 Å². The minimum atomic E-state index is -1.31. The molecule has 6 amide bonds. The Kier molecular flexibility index (Phi) is 17.7. The molecule has 0 unspecified atom stereocenters. The van der Waals surface area contributed by atoms with Gasteiger partial charge in [0.25, 0.3) is 6.47 Å². The van der Waals surface area contributed by atoms with E-state index in [4.69, 9.17) is 5.73 Å². The number of hydrogen-bond acceptors (Lipinski definition) is 9. The summed E-state index contributed by atoms with van der Waals surface area (Å²) in [6.07, 6.45) is 4.96. The Morgan fingerprint density at radius 2 is 1.70 bits per heavy atom. The lowest BCUT2D eigenvalue weighted by atomic mass is 10.1. The van der Waals surface area contributed by atoms with Crippen LogP contribution in [-0.4, -0.2) is 91.3 Å². The summed E-state index contributed by atoms with van der Waals surface area (Å²) in [5.74, 6) is -2.13. The number of benzene rings is 1. The van der Waals surface area contributed by atoms with Crippen LogP contribution in [0.4, 0.5) is 10.5 Å². The van der Waals surface area contributed by atoms with E-state index in [1.54, 1.807) is 31.3 Å². The van der Waals surface area contributed by atoms with E-state index in [2.05, 4.69) is 26.0 Å². The molecule has 1 rings (SSSR count). The number of urea groups is 1. The molecule has 15 heteroatoms. The van der Waals surface area contributed by atoms with Crippen molar-refractivity contribution < 1.29 is 43.4 Å². The van der Waals surface area contributed by atoms with Gasteiger partial charge in [0.15, 0.2) is 0 Å². The number of hydrogen-bond donors (Lipinski definition) is 6. The average Bonchev–Trinajstić information content (AvgIpc) is 2.99. The van der Waals surface area contributed by atoms with Crippen molar-refractivity contribution in [2.75, 3.05) is 32.1 Å². The van der Waals surface area contributed by atoms with Crippen LogP contribution in [0.25, 0.3) is 0 Å². The number of likely N-dealkylation sites (N-methyl/N-ethyl adjacent to an activating group) is 1. The number of allylic oxidation sites excluding steroid dienone is 1. The van der Waals surface area contributed by atoms with E-state index in [0.717, 1.165) is 6.08 Å². The number of unbranched alkanes of at least 4 members (excludes halogenated alkanes) is 2. The number of carbonyl (C=O) groups excluding carboxylic acids is 7. The molecule has 0 bridgehead atoms. The highest BCUT2D eigenvalue weighted by atomic mass is 16.5. The molecule has 0 aliphatic rings. The van der Waals surface area contributed by atoms with Gasteiger partial charge in [-0.1, -0.05) is 18.6 Å². The van der Waals surface area contributed by atoms with E-state index in [1.807, 2.05) is 0 Å². The molecule has 15 nitrogen and oxygen atoms in total. The summed E-state index contributed by atoms with van der Waals surface area (Å²) in [7, 11) is 1.60. The van der Waals surface area contributed by atoms with Gasteiger partial charge in [-0.3, -0.25) is 28.8 Å². The summed E-state index contributed by atoms with van der Waals surface area (Å²) in [5.41, 5.74) is 6.17. The summed E-state index contributed by atoms with van der Waals surface area (Å²) in [6, 6.07) is 3.35. The third-order valence-corrected chi connectivity index (χ3v) is 6.07. The Labute approximate surface area is 249 Å². The zero-order chi connectivity index (χ0) is 32.0. The van der Waals surface area contributed by atoms with Crippen LogP contribution < -0.4 is 27.0 Å². The first-order chi connectivity index (χ1) is 20.6. The first-order valence-electron chi connectivity index (χ1n) is 13.7. The molecule has 0 heterocycles. The van der Waals surface area contributed by atoms with Crippen molar-refractivity contribution in [3.05, 3.63) is 42.0 Å². The fourth-order valence-corrected chi connectivity index (χ4v) is 3.73. The Morgan fingerprint density at radius 3 is 2.33 bits per heavy atom. The van der Waals surface area contributed by atoms with E-state index in [0.29, 0.717) is 49.8 Å². The molecule has 0 aliphatic carbocycles. The summed E-state index contributed by atoms with van der Waals surface area (Å²) >= 11 is 0. The van der Waals surface area contributed by atoms with Crippen molar-refractivity contribution in [3.63, 3.8) is 0 Å². The molecule has 0 fully saturated rings. The molecule has 1 aromatic rings. The van der Waals surface area contributed by atoms with Crippen molar-refractivity contribution in [2.24, 2.45) is 5.73 Å². The van der Waals surface area contributed by atoms with Crippen LogP contribution in [-0.2, 0) is 40.1 Å². The lowest BCUT2D eigenvalue weighted by Crippen LogP contribution is -2.54. The Balaban J connectivity index is 2.67. The number of anilines is 1. The maximum absolute atomic E-state index is 13.0. The monoisotopic (exact) mass is 604 g/mol. The summed E-state index contributed by atoms with van der Waals surface area (Å²) in [5, 5.41) is 19.8. The maximum Gasteiger partial charge on any atom is 0.312 e. The smallest absolute Gasteiger partial charge is 0.312 e. The molecule has 0 saturated heterocycles. The van der Waals surface area contributed by atoms with Gasteiger partial charge in [0, 0.05) is 38.3 Å². The number of primary amides is 1. The predicted octanol–water partition coefficient (Wildman–Crippen LogP) is -0.518. The predicted molar refractivity (Wildman–Crippen MR) is 155 cm³/mol. The van der Waals surface area contributed by atoms with Gasteiger partial charge in [-0.2, -0.15) is 0 Å². The molecule has 0 saturated carbocycles. The minimum Gasteiger partial charge on any atom is -0.463 e. The molecule has 0 aliphatic heterocycles. The van der Waals surface area contributed by atoms with Crippen LogP contribution in [0.1, 0.15) is 44.1 Å². The summed E-state index contributed by atoms with van der Waals surface area (Å²) in [6.45, 7) is 0.266. The molecular weight excluding hydrogens is 564 g/mol. The average molecular weight is 605 g/mol. The van der Waals surface area contributed by atoms with Crippen molar-refractivity contribution in [3.8, 4) is 0 Å². The lowest BCUT2D eigenvalue weighted by Gasteiger charge is -2.22. The maximum atomic E-state index is 13.0. The highest BCUT2D eigenvalue weighted by Gasteiger charge is 2.26. The largest absolute Gasteiger partial charge is 0.463 e. The van der Waals surface area contributed by atoms with Crippen LogP contribution >= 0.6 is 0 Å². The number of amides is 6. The molecule has 1 aromatic carbocycles. The quantitative estimate of drug-likeness (QED) is 0.0602. The number of rotatable bonds is 21. The van der Waals surface area contributed by atoms with Crippen molar-refractivity contribution >= 4 is 48.1 Å². The molecule has 236 valence electrons. The number of aliphatic hydroxyl groups excluding tert-OH is 1. The van der Waals surface area contributed by atoms with Crippen molar-refractivity contribution in [1.29, 1.82) is 0 Å². The van der Waals surface area contributed by atoms with Crippen LogP contribution in [0.15, 0.2) is 36.4 Å². The standard InChI is InChI=1S/C28H40N6O9/c1-34(25(39)9-6-16-35)15-4-2-3-8-24(38)32-23(17-36)27(41)33-22(7-5-14-30-28(29)42)26(40)31-21-12-10-20(11-13-21)18-43-19-37/h6,9-13,16,19,22-23,36H,2-5,7-8,14-15,17-18H2,1H3,(H,31,40)(H,32,38)(H,33,41)(H3,29,30,42)/b9-6-/t22-,23-/m0/s1. The van der Waals surface area contributed by atoms with Gasteiger partial charge in [0.05, 0.1) is 6.61 Å². The molecule has 0 radical (unpaired) electrons. The SMILES string of the molecule is CN(CCCCCC(=O)N[C@@H](CO)C(=O)N[C@@H](CCCNC(N)=O)C(=O)Nc1ccc(COC=O)cc1)C(=O)/C=C\C=O. The molecule has 43 heavy (non-hydrogen) atoms. The van der Waals surface area contributed by atoms with Gasteiger partial charge in [-0.15, -0.1) is 0 Å². The normalized spacial score (nSPS) is 12.0. The zero-order valence-electron chi connectivity index (χ0n) is 24.1. The van der Waals surface area contributed by atoms with Gasteiger partial charge in [-0.05, 0) is 49.5 Å². The van der Waals surface area contributed by atoms with Gasteiger partial charge in [-0.25, -0.2) is 4.79 Å². The van der Waals surface area contributed by atoms with E-state index in [-0.39, 0.29) is 38.3 Å². The minimum absolute atomic E-state index is 0.0666. The number of carbonyl (C=O) groups is 7. The first-order valence-corrected chi connectivity index (χ1v) is 13.7. The number of aldehydes is 1. The van der Waals surface area contributed by atoms with Gasteiger partial charge < -0.3 is 41.7 Å². The zero-order valence-corrected chi connectivity index (χ0v) is 24.1. The lowest BCUT2D eigenvalue weighted by molar-refractivity contribution is -0.132. The molecular formula is C28H40N6O9. The molecule has 0 aromatic heterocycles. The molecule has 2 atom stereocenters. The van der Waals surface area contributed by atoms with E-state index in [1.165, 1.54) is 11.0 Å². The number of ether oxygens (including phenoxy) is 1. The number of nitrogens with zero attached hydrogens (tertiary/aromatic N) is 1. The first kappa shape index (κ1) is 36.2. The second kappa shape index (κ2) is 21.0. The van der Waals surface area contributed by atoms with E-state index >= 15 is 0 Å². The Morgan fingerprint density at radius 1 is 0.977 bits per heavy atom. The molecule has 7 N–H and O–H groups in total. The van der Waals surface area contributed by atoms with Crippen LogP contribution in [0.2, 0.25) is 0 Å². The Hall–Kier alpha value is -4.79. The number of nitrogens with two attached hydrogens (primary N) is 1. The highest BCUT2D eigenvalue weighted by Crippen LogP contribution is 2.12. The fourth-order valence-electron chi connectivity index (χ4n) is 3.73. The topological polar surface area (TPSA) is 226 Å². The van der Waals surface area contributed by atoms with Gasteiger partial charge in [0.2, 0.25) is 23.6 Å². The second-order valence-corrected chi connectivity index (χ2v) is 9.46. The van der Waals surface area contributed by atoms with Gasteiger partial charge >= 0.3 is 6.03 Å². The number of nitrogens with one attached hydrogen (secondary N) is 4. The molecule has 0 spiro atoms. The Bertz CT molecular complexity index is 1110. The van der Waals surface area contributed by atoms with Gasteiger partial charge in [0.1, 0.15) is 25.0 Å². The summed E-state index contributed by atoms with van der Waals surface area (Å²) < 4.78 is 4.69. The third kappa shape index (κ3) is 15.7. The van der Waals surface area contributed by atoms with Crippen LogP contribution in [0.3, 0.4) is 0 Å². The highest BCUT2D eigenvalue weighted by molar-refractivity contribution is 5.98. The fraction of sp³-hybridized carbons (Fsp3) is 0.464. The third-order valence-electron chi connectivity index (χ3n) is 6.07. The van der Waals surface area contributed by atoms with Crippen molar-refractivity contribution in [1.82, 2.24) is 20.9 Å². The van der Waals surface area contributed by atoms with E-state index < -0.39 is 42.4 Å². The number of aliphatic hydroxyl groups is 1.